The maximum atomic E-state index is 13.0. The number of fused-ring (bicyclic) bond motifs is 1. The second kappa shape index (κ2) is 10.2. The summed E-state index contributed by atoms with van der Waals surface area (Å²) in [6, 6.07) is 14.4. The number of para-hydroxylation sites is 2. The predicted octanol–water partition coefficient (Wildman–Crippen LogP) is 3.81. The van der Waals surface area contributed by atoms with Crippen LogP contribution in [0, 0.1) is 0 Å². The number of carbonyl (C=O) groups is 1. The third-order valence-electron chi connectivity index (χ3n) is 4.44. The Bertz CT molecular complexity index is 1050. The fourth-order valence-electron chi connectivity index (χ4n) is 3.01. The Kier molecular flexibility index (Phi) is 7.43. The number of rotatable bonds is 10. The van der Waals surface area contributed by atoms with Crippen LogP contribution in [0.25, 0.3) is 10.9 Å². The highest BCUT2D eigenvalue weighted by Gasteiger charge is 2.16. The van der Waals surface area contributed by atoms with E-state index in [9.17, 15) is 9.59 Å². The van der Waals surface area contributed by atoms with Crippen LogP contribution in [-0.4, -0.2) is 41.4 Å². The van der Waals surface area contributed by atoms with Gasteiger partial charge in [0.15, 0.2) is 10.9 Å². The van der Waals surface area contributed by atoms with Crippen LogP contribution in [0.5, 0.6) is 5.75 Å². The standard InChI is InChI=1S/C22H24N2O4S/c1-3-28-14-8-13-24-21(26)16-9-4-6-11-18(16)23-22(24)29-15-19(25)17-10-5-7-12-20(17)27-2/h4-7,9-12H,3,8,13-15H2,1-2H3. The number of ketones is 1. The number of hydrogen-bond acceptors (Lipinski definition) is 6. The SMILES string of the molecule is CCOCCCn1c(SCC(=O)c2ccccc2OC)nc2ccccc2c1=O. The number of benzene rings is 2. The van der Waals surface area contributed by atoms with E-state index in [0.717, 1.165) is 0 Å². The molecule has 29 heavy (non-hydrogen) atoms. The van der Waals surface area contributed by atoms with Gasteiger partial charge in [-0.05, 0) is 37.6 Å². The van der Waals surface area contributed by atoms with Gasteiger partial charge in [0.2, 0.25) is 0 Å². The van der Waals surface area contributed by atoms with Crippen LogP contribution in [0.4, 0.5) is 0 Å². The molecule has 0 aliphatic heterocycles. The van der Waals surface area contributed by atoms with E-state index in [4.69, 9.17) is 9.47 Å². The summed E-state index contributed by atoms with van der Waals surface area (Å²) in [7, 11) is 1.54. The maximum Gasteiger partial charge on any atom is 0.262 e. The molecule has 2 aromatic carbocycles. The van der Waals surface area contributed by atoms with Crippen LogP contribution in [-0.2, 0) is 11.3 Å². The molecule has 0 bridgehead atoms. The Morgan fingerprint density at radius 1 is 1.14 bits per heavy atom. The first kappa shape index (κ1) is 21.1. The van der Waals surface area contributed by atoms with E-state index in [0.29, 0.717) is 53.6 Å². The lowest BCUT2D eigenvalue weighted by atomic mass is 10.1. The van der Waals surface area contributed by atoms with E-state index in [1.165, 1.54) is 11.8 Å². The molecule has 0 atom stereocenters. The Morgan fingerprint density at radius 3 is 2.69 bits per heavy atom. The Labute approximate surface area is 173 Å². The summed E-state index contributed by atoms with van der Waals surface area (Å²) in [4.78, 5) is 30.4. The number of ether oxygens (including phenoxy) is 2. The molecule has 0 saturated carbocycles. The molecule has 0 aliphatic rings. The summed E-state index contributed by atoms with van der Waals surface area (Å²) in [6.45, 7) is 3.64. The van der Waals surface area contributed by atoms with Gasteiger partial charge in [-0.2, -0.15) is 0 Å². The summed E-state index contributed by atoms with van der Waals surface area (Å²) in [5.41, 5.74) is 1.05. The van der Waals surface area contributed by atoms with Gasteiger partial charge in [-0.3, -0.25) is 14.2 Å². The fourth-order valence-corrected chi connectivity index (χ4v) is 3.92. The lowest BCUT2D eigenvalue weighted by Crippen LogP contribution is -2.24. The number of thioether (sulfide) groups is 1. The molecule has 0 radical (unpaired) electrons. The molecule has 6 nitrogen and oxygen atoms in total. The smallest absolute Gasteiger partial charge is 0.262 e. The average Bonchev–Trinajstić information content (AvgIpc) is 2.76. The van der Waals surface area contributed by atoms with Crippen molar-refractivity contribution in [3.05, 3.63) is 64.4 Å². The number of hydrogen-bond donors (Lipinski definition) is 0. The maximum absolute atomic E-state index is 13.0. The highest BCUT2D eigenvalue weighted by Crippen LogP contribution is 2.23. The van der Waals surface area contributed by atoms with Crippen LogP contribution >= 0.6 is 11.8 Å². The summed E-state index contributed by atoms with van der Waals surface area (Å²) >= 11 is 1.27. The van der Waals surface area contributed by atoms with Gasteiger partial charge in [0.1, 0.15) is 5.75 Å². The van der Waals surface area contributed by atoms with Crippen molar-refractivity contribution in [2.45, 2.75) is 25.0 Å². The summed E-state index contributed by atoms with van der Waals surface area (Å²) in [6.07, 6.45) is 0.696. The fraction of sp³-hybridized carbons (Fsp3) is 0.318. The summed E-state index contributed by atoms with van der Waals surface area (Å²) < 4.78 is 12.3. The molecule has 0 unspecified atom stereocenters. The second-order valence-corrected chi connectivity index (χ2v) is 7.27. The number of methoxy groups -OCH3 is 1. The monoisotopic (exact) mass is 412 g/mol. The molecule has 0 spiro atoms. The zero-order chi connectivity index (χ0) is 20.6. The quantitative estimate of drug-likeness (QED) is 0.218. The van der Waals surface area contributed by atoms with Gasteiger partial charge in [0.05, 0.1) is 29.3 Å². The lowest BCUT2D eigenvalue weighted by molar-refractivity contribution is 0.101. The van der Waals surface area contributed by atoms with Crippen LogP contribution in [0.3, 0.4) is 0 Å². The molecule has 3 rings (SSSR count). The van der Waals surface area contributed by atoms with Crippen molar-refractivity contribution in [2.75, 3.05) is 26.1 Å². The first-order valence-corrected chi connectivity index (χ1v) is 10.5. The van der Waals surface area contributed by atoms with Gasteiger partial charge < -0.3 is 9.47 Å². The Morgan fingerprint density at radius 2 is 1.90 bits per heavy atom. The van der Waals surface area contributed by atoms with Gasteiger partial charge in [-0.1, -0.05) is 36.0 Å². The molecule has 0 saturated heterocycles. The number of Topliss-reactive ketones (excluding diaryl/α,β-unsaturated/α-hetero) is 1. The first-order chi connectivity index (χ1) is 14.2. The van der Waals surface area contributed by atoms with Crippen molar-refractivity contribution >= 4 is 28.4 Å². The molecule has 1 aromatic heterocycles. The Hall–Kier alpha value is -2.64. The number of aromatic nitrogens is 2. The molecular weight excluding hydrogens is 388 g/mol. The van der Waals surface area contributed by atoms with Gasteiger partial charge in [-0.25, -0.2) is 4.98 Å². The van der Waals surface area contributed by atoms with E-state index in [1.54, 1.807) is 35.9 Å². The average molecular weight is 413 g/mol. The minimum atomic E-state index is -0.0978. The molecule has 0 aliphatic carbocycles. The highest BCUT2D eigenvalue weighted by molar-refractivity contribution is 7.99. The van der Waals surface area contributed by atoms with Crippen molar-refractivity contribution < 1.29 is 14.3 Å². The molecule has 0 fully saturated rings. The van der Waals surface area contributed by atoms with Crippen molar-refractivity contribution in [2.24, 2.45) is 0 Å². The van der Waals surface area contributed by atoms with E-state index in [-0.39, 0.29) is 17.1 Å². The van der Waals surface area contributed by atoms with Gasteiger partial charge in [-0.15, -0.1) is 0 Å². The molecule has 0 amide bonds. The highest BCUT2D eigenvalue weighted by atomic mass is 32.2. The van der Waals surface area contributed by atoms with Crippen LogP contribution in [0.1, 0.15) is 23.7 Å². The van der Waals surface area contributed by atoms with E-state index >= 15 is 0 Å². The van der Waals surface area contributed by atoms with E-state index in [1.807, 2.05) is 31.2 Å². The van der Waals surface area contributed by atoms with Gasteiger partial charge >= 0.3 is 0 Å². The predicted molar refractivity (Wildman–Crippen MR) is 115 cm³/mol. The molecule has 152 valence electrons. The molecular formula is C22H24N2O4S. The second-order valence-electron chi connectivity index (χ2n) is 6.33. The minimum Gasteiger partial charge on any atom is -0.496 e. The third-order valence-corrected chi connectivity index (χ3v) is 5.42. The van der Waals surface area contributed by atoms with Crippen molar-refractivity contribution in [1.82, 2.24) is 9.55 Å². The zero-order valence-corrected chi connectivity index (χ0v) is 17.4. The number of carbonyl (C=O) groups excluding carboxylic acids is 1. The molecule has 0 N–H and O–H groups in total. The van der Waals surface area contributed by atoms with Gasteiger partial charge in [0.25, 0.3) is 5.56 Å². The first-order valence-electron chi connectivity index (χ1n) is 9.52. The normalized spacial score (nSPS) is 11.0. The van der Waals surface area contributed by atoms with Crippen molar-refractivity contribution in [3.8, 4) is 5.75 Å². The number of nitrogens with zero attached hydrogens (tertiary/aromatic N) is 2. The van der Waals surface area contributed by atoms with Crippen LogP contribution in [0.2, 0.25) is 0 Å². The summed E-state index contributed by atoms with van der Waals surface area (Å²) in [5.74, 6) is 0.630. The zero-order valence-electron chi connectivity index (χ0n) is 16.6. The third kappa shape index (κ3) is 5.05. The van der Waals surface area contributed by atoms with Crippen LogP contribution in [0.15, 0.2) is 58.5 Å². The van der Waals surface area contributed by atoms with Crippen molar-refractivity contribution in [3.63, 3.8) is 0 Å². The van der Waals surface area contributed by atoms with E-state index < -0.39 is 0 Å². The topological polar surface area (TPSA) is 70.4 Å². The van der Waals surface area contributed by atoms with E-state index in [2.05, 4.69) is 4.98 Å². The van der Waals surface area contributed by atoms with Gasteiger partial charge in [0, 0.05) is 19.8 Å². The van der Waals surface area contributed by atoms with Crippen molar-refractivity contribution in [1.29, 1.82) is 0 Å². The molecule has 3 aromatic rings. The largest absolute Gasteiger partial charge is 0.496 e. The summed E-state index contributed by atoms with van der Waals surface area (Å²) in [5, 5.41) is 1.11. The minimum absolute atomic E-state index is 0.0734. The molecule has 1 heterocycles. The lowest BCUT2D eigenvalue weighted by Gasteiger charge is -2.13. The molecule has 7 heteroatoms. The van der Waals surface area contributed by atoms with Crippen LogP contribution < -0.4 is 10.3 Å². The Balaban J connectivity index is 1.86.